The van der Waals surface area contributed by atoms with Crippen LogP contribution in [0.1, 0.15) is 20.1 Å². The molecule has 1 saturated heterocycles. The van der Waals surface area contributed by atoms with Crippen molar-refractivity contribution in [2.75, 3.05) is 13.7 Å². The number of hydrogen-bond acceptors (Lipinski definition) is 8. The molecule has 0 saturated carbocycles. The zero-order chi connectivity index (χ0) is 18.7. The number of carbonyl (C=O) groups is 2. The standard InChI is InChI=1S/C14H17IN2O8/c1-6(18)23-5-9-10(24-7(2)19)11(22-3)13(25-9)17-4-8(15)12(20)16-14(17)21/h4,9-11,13H,5H2,1-3H3,(H,16,20,21)/t9-,10-,11-,13-/m1/s1. The van der Waals surface area contributed by atoms with Crippen molar-refractivity contribution in [2.45, 2.75) is 38.4 Å². The summed E-state index contributed by atoms with van der Waals surface area (Å²) in [6.45, 7) is 2.27. The Labute approximate surface area is 155 Å². The maximum absolute atomic E-state index is 12.1. The number of methoxy groups -OCH3 is 1. The van der Waals surface area contributed by atoms with Crippen LogP contribution in [0.5, 0.6) is 0 Å². The smallest absolute Gasteiger partial charge is 0.330 e. The fraction of sp³-hybridized carbons (Fsp3) is 0.571. The van der Waals surface area contributed by atoms with Gasteiger partial charge >= 0.3 is 17.6 Å². The van der Waals surface area contributed by atoms with E-state index in [1.165, 1.54) is 27.2 Å². The van der Waals surface area contributed by atoms with E-state index in [1.807, 2.05) is 0 Å². The molecule has 11 heteroatoms. The van der Waals surface area contributed by atoms with Gasteiger partial charge in [-0.2, -0.15) is 0 Å². The monoisotopic (exact) mass is 468 g/mol. The number of aromatic nitrogens is 2. The van der Waals surface area contributed by atoms with Gasteiger partial charge in [-0.05, 0) is 22.6 Å². The molecule has 0 unspecified atom stereocenters. The van der Waals surface area contributed by atoms with Crippen LogP contribution in [0.15, 0.2) is 15.8 Å². The van der Waals surface area contributed by atoms with Gasteiger partial charge in [0.1, 0.15) is 18.8 Å². The molecular formula is C14H17IN2O8. The molecule has 1 aromatic rings. The van der Waals surface area contributed by atoms with Crippen LogP contribution in [0.3, 0.4) is 0 Å². The van der Waals surface area contributed by atoms with E-state index in [2.05, 4.69) is 4.98 Å². The number of ether oxygens (including phenoxy) is 4. The van der Waals surface area contributed by atoms with E-state index in [-0.39, 0.29) is 10.2 Å². The van der Waals surface area contributed by atoms with E-state index in [9.17, 15) is 19.2 Å². The lowest BCUT2D eigenvalue weighted by molar-refractivity contribution is -0.157. The van der Waals surface area contributed by atoms with Crippen LogP contribution < -0.4 is 11.2 Å². The Balaban J connectivity index is 2.39. The first-order chi connectivity index (χ1) is 11.7. The van der Waals surface area contributed by atoms with Gasteiger partial charge in [0.2, 0.25) is 0 Å². The van der Waals surface area contributed by atoms with Crippen molar-refractivity contribution in [1.82, 2.24) is 9.55 Å². The Hall–Kier alpha value is -1.73. The van der Waals surface area contributed by atoms with E-state index in [0.29, 0.717) is 0 Å². The summed E-state index contributed by atoms with van der Waals surface area (Å²) < 4.78 is 22.7. The Morgan fingerprint density at radius 2 is 1.96 bits per heavy atom. The van der Waals surface area contributed by atoms with Crippen molar-refractivity contribution in [3.8, 4) is 0 Å². The summed E-state index contributed by atoms with van der Waals surface area (Å²) in [5.41, 5.74) is -1.23. The van der Waals surface area contributed by atoms with Crippen molar-refractivity contribution in [3.05, 3.63) is 30.6 Å². The number of halogens is 1. The van der Waals surface area contributed by atoms with Gasteiger partial charge in [0.05, 0.1) is 3.57 Å². The SMILES string of the molecule is CO[C@@H]1[C@H](OC(C)=O)[C@@H](COC(C)=O)O[C@H]1n1cc(I)c(=O)[nH]c1=O. The molecule has 138 valence electrons. The van der Waals surface area contributed by atoms with Crippen LogP contribution in [0.25, 0.3) is 0 Å². The van der Waals surface area contributed by atoms with Gasteiger partial charge in [-0.1, -0.05) is 0 Å². The molecule has 1 N–H and O–H groups in total. The molecule has 0 aliphatic carbocycles. The summed E-state index contributed by atoms with van der Waals surface area (Å²) in [7, 11) is 1.37. The number of aromatic amines is 1. The maximum Gasteiger partial charge on any atom is 0.330 e. The molecule has 2 rings (SSSR count). The average molecular weight is 468 g/mol. The zero-order valence-electron chi connectivity index (χ0n) is 13.7. The van der Waals surface area contributed by atoms with Gasteiger partial charge in [-0.15, -0.1) is 0 Å². The molecule has 1 aliphatic heterocycles. The molecule has 25 heavy (non-hydrogen) atoms. The summed E-state index contributed by atoms with van der Waals surface area (Å²) in [5, 5.41) is 0. The molecule has 1 fully saturated rings. The fourth-order valence-electron chi connectivity index (χ4n) is 2.50. The highest BCUT2D eigenvalue weighted by Crippen LogP contribution is 2.33. The van der Waals surface area contributed by atoms with Gasteiger partial charge < -0.3 is 18.9 Å². The molecule has 0 spiro atoms. The Kier molecular flexibility index (Phi) is 6.35. The molecule has 2 heterocycles. The van der Waals surface area contributed by atoms with E-state index < -0.39 is 47.7 Å². The van der Waals surface area contributed by atoms with Crippen molar-refractivity contribution >= 4 is 34.5 Å². The van der Waals surface area contributed by atoms with Gasteiger partial charge in [0.15, 0.2) is 12.3 Å². The average Bonchev–Trinajstić information content (AvgIpc) is 2.85. The predicted molar refractivity (Wildman–Crippen MR) is 90.9 cm³/mol. The number of esters is 2. The third-order valence-corrected chi connectivity index (χ3v) is 4.28. The first-order valence-corrected chi connectivity index (χ1v) is 8.32. The van der Waals surface area contributed by atoms with Crippen molar-refractivity contribution in [2.24, 2.45) is 0 Å². The minimum absolute atomic E-state index is 0.182. The second-order valence-corrected chi connectivity index (χ2v) is 6.45. The molecule has 0 aromatic carbocycles. The van der Waals surface area contributed by atoms with Crippen LogP contribution in [-0.2, 0) is 28.5 Å². The summed E-state index contributed by atoms with van der Waals surface area (Å²) in [5.74, 6) is -1.11. The van der Waals surface area contributed by atoms with Crippen molar-refractivity contribution in [1.29, 1.82) is 0 Å². The van der Waals surface area contributed by atoms with Crippen molar-refractivity contribution in [3.63, 3.8) is 0 Å². The van der Waals surface area contributed by atoms with Gasteiger partial charge in [0.25, 0.3) is 5.56 Å². The largest absolute Gasteiger partial charge is 0.463 e. The Morgan fingerprint density at radius 3 is 2.52 bits per heavy atom. The summed E-state index contributed by atoms with van der Waals surface area (Å²) in [6.07, 6.45) is -2.24. The van der Waals surface area contributed by atoms with Crippen LogP contribution in [-0.4, -0.2) is 53.5 Å². The second kappa shape index (κ2) is 8.10. The summed E-state index contributed by atoms with van der Waals surface area (Å²) in [6, 6.07) is 0. The first kappa shape index (κ1) is 19.6. The molecule has 4 atom stereocenters. The lowest BCUT2D eigenvalue weighted by Gasteiger charge is -2.23. The zero-order valence-corrected chi connectivity index (χ0v) is 15.8. The highest BCUT2D eigenvalue weighted by Gasteiger charge is 2.49. The van der Waals surface area contributed by atoms with Crippen LogP contribution in [0.2, 0.25) is 0 Å². The number of nitrogens with zero attached hydrogens (tertiary/aromatic N) is 1. The quantitative estimate of drug-likeness (QED) is 0.455. The van der Waals surface area contributed by atoms with Gasteiger partial charge in [-0.3, -0.25) is 23.9 Å². The minimum Gasteiger partial charge on any atom is -0.463 e. The topological polar surface area (TPSA) is 126 Å². The lowest BCUT2D eigenvalue weighted by Crippen LogP contribution is -2.41. The maximum atomic E-state index is 12.1. The molecule has 0 amide bonds. The van der Waals surface area contributed by atoms with E-state index >= 15 is 0 Å². The Bertz CT molecular complexity index is 773. The molecule has 1 aliphatic rings. The Morgan fingerprint density at radius 1 is 1.28 bits per heavy atom. The number of nitrogens with one attached hydrogen (secondary N) is 1. The first-order valence-electron chi connectivity index (χ1n) is 7.24. The second-order valence-electron chi connectivity index (χ2n) is 5.29. The molecular weight excluding hydrogens is 451 g/mol. The predicted octanol–water partition coefficient (Wildman–Crippen LogP) is -0.452. The van der Waals surface area contributed by atoms with Crippen LogP contribution >= 0.6 is 22.6 Å². The highest BCUT2D eigenvalue weighted by atomic mass is 127. The minimum atomic E-state index is -0.979. The summed E-state index contributed by atoms with van der Waals surface area (Å²) in [4.78, 5) is 48.3. The van der Waals surface area contributed by atoms with E-state index in [1.54, 1.807) is 22.6 Å². The van der Waals surface area contributed by atoms with Crippen molar-refractivity contribution < 1.29 is 28.5 Å². The van der Waals surface area contributed by atoms with Crippen LogP contribution in [0, 0.1) is 3.57 Å². The molecule has 10 nitrogen and oxygen atoms in total. The third kappa shape index (κ3) is 4.46. The number of rotatable bonds is 5. The van der Waals surface area contributed by atoms with E-state index in [0.717, 1.165) is 4.57 Å². The van der Waals surface area contributed by atoms with Crippen LogP contribution in [0.4, 0.5) is 0 Å². The van der Waals surface area contributed by atoms with Gasteiger partial charge in [-0.25, -0.2) is 4.79 Å². The normalized spacial score (nSPS) is 25.6. The van der Waals surface area contributed by atoms with E-state index in [4.69, 9.17) is 18.9 Å². The number of H-pyrrole nitrogens is 1. The number of hydrogen-bond donors (Lipinski definition) is 1. The lowest BCUT2D eigenvalue weighted by atomic mass is 10.1. The molecule has 0 bridgehead atoms. The summed E-state index contributed by atoms with van der Waals surface area (Å²) >= 11 is 1.77. The fourth-order valence-corrected chi connectivity index (χ4v) is 2.94. The molecule has 1 aromatic heterocycles. The third-order valence-electron chi connectivity index (χ3n) is 3.51. The highest BCUT2D eigenvalue weighted by molar-refractivity contribution is 14.1. The van der Waals surface area contributed by atoms with Gasteiger partial charge in [0, 0.05) is 27.2 Å². The molecule has 0 radical (unpaired) electrons. The number of carbonyl (C=O) groups excluding carboxylic acids is 2.